The molecule has 1 atom stereocenters. The number of nitrogens with zero attached hydrogens (tertiary/aromatic N) is 1. The van der Waals surface area contributed by atoms with Crippen LogP contribution in [0.4, 0.5) is 4.79 Å². The summed E-state index contributed by atoms with van der Waals surface area (Å²) in [5.41, 5.74) is 0.569. The van der Waals surface area contributed by atoms with Crippen molar-refractivity contribution in [1.29, 1.82) is 0 Å². The first kappa shape index (κ1) is 24.1. The van der Waals surface area contributed by atoms with Crippen LogP contribution in [-0.4, -0.2) is 53.1 Å². The summed E-state index contributed by atoms with van der Waals surface area (Å²) in [4.78, 5) is 13.6. The van der Waals surface area contributed by atoms with E-state index in [1.807, 2.05) is 52.0 Å². The lowest BCUT2D eigenvalue weighted by atomic mass is 9.68. The smallest absolute Gasteiger partial charge is 0.465 e. The monoisotopic (exact) mass is 431 g/mol. The van der Waals surface area contributed by atoms with Crippen molar-refractivity contribution in [3.63, 3.8) is 0 Å². The first-order valence-electron chi connectivity index (χ1n) is 11.3. The van der Waals surface area contributed by atoms with Crippen LogP contribution in [0, 0.1) is 5.41 Å². The van der Waals surface area contributed by atoms with Crippen molar-refractivity contribution in [3.05, 3.63) is 29.8 Å². The van der Waals surface area contributed by atoms with E-state index < -0.39 is 11.6 Å². The summed E-state index contributed by atoms with van der Waals surface area (Å²) in [6.45, 7) is 15.9. The highest BCUT2D eigenvalue weighted by atomic mass is 16.7. The molecule has 31 heavy (non-hydrogen) atoms. The molecular weight excluding hydrogens is 393 g/mol. The molecule has 7 heteroatoms. The van der Waals surface area contributed by atoms with Crippen LogP contribution in [0.3, 0.4) is 0 Å². The molecule has 2 aliphatic heterocycles. The van der Waals surface area contributed by atoms with Gasteiger partial charge in [0.25, 0.3) is 0 Å². The van der Waals surface area contributed by atoms with E-state index in [0.29, 0.717) is 19.8 Å². The molecule has 172 valence electrons. The molecule has 2 fully saturated rings. The lowest BCUT2D eigenvalue weighted by Crippen LogP contribution is -2.63. The van der Waals surface area contributed by atoms with Crippen LogP contribution in [0.15, 0.2) is 24.3 Å². The Bertz CT molecular complexity index is 770. The van der Waals surface area contributed by atoms with E-state index in [9.17, 15) is 9.90 Å². The Morgan fingerprint density at radius 1 is 1.10 bits per heavy atom. The molecule has 1 amide bonds. The maximum atomic E-state index is 12.0. The van der Waals surface area contributed by atoms with Crippen molar-refractivity contribution >= 4 is 18.7 Å². The summed E-state index contributed by atoms with van der Waals surface area (Å²) in [5.74, 6) is 0. The maximum absolute atomic E-state index is 12.0. The molecular formula is C24H38BNO5. The summed E-state index contributed by atoms with van der Waals surface area (Å²) in [5, 5.41) is 9.81. The summed E-state index contributed by atoms with van der Waals surface area (Å²) < 4.78 is 18.4. The molecule has 1 N–H and O–H groups in total. The van der Waals surface area contributed by atoms with Crippen LogP contribution < -0.4 is 5.46 Å². The second-order valence-corrected chi connectivity index (χ2v) is 11.0. The number of carbonyl (C=O) groups is 1. The van der Waals surface area contributed by atoms with Gasteiger partial charge in [0.15, 0.2) is 0 Å². The van der Waals surface area contributed by atoms with E-state index in [1.165, 1.54) is 0 Å². The van der Waals surface area contributed by atoms with Gasteiger partial charge in [-0.05, 0) is 63.4 Å². The standard InChI is InChI=1S/C24H38BNO5/c1-21(2,3)24(14-8-9-15-26(24)20(27)28)17-29-16-18-10-12-19(13-11-18)25-30-22(4,5)23(6,7)31-25/h10-13H,8-9,14-17H2,1-7H3,(H,27,28). The molecule has 1 unspecified atom stereocenters. The van der Waals surface area contributed by atoms with E-state index in [-0.39, 0.29) is 23.7 Å². The minimum absolute atomic E-state index is 0.216. The first-order chi connectivity index (χ1) is 14.3. The van der Waals surface area contributed by atoms with Gasteiger partial charge in [-0.1, -0.05) is 45.0 Å². The van der Waals surface area contributed by atoms with Gasteiger partial charge < -0.3 is 19.2 Å². The average Bonchev–Trinajstić information content (AvgIpc) is 2.89. The zero-order valence-corrected chi connectivity index (χ0v) is 20.2. The van der Waals surface area contributed by atoms with E-state index >= 15 is 0 Å². The van der Waals surface area contributed by atoms with Gasteiger partial charge in [-0.25, -0.2) is 4.79 Å². The van der Waals surface area contributed by atoms with Gasteiger partial charge in [0.1, 0.15) is 0 Å². The fourth-order valence-electron chi connectivity index (χ4n) is 4.55. The summed E-state index contributed by atoms with van der Waals surface area (Å²) in [6, 6.07) is 8.09. The van der Waals surface area contributed by atoms with Crippen molar-refractivity contribution in [2.75, 3.05) is 13.2 Å². The van der Waals surface area contributed by atoms with Crippen LogP contribution in [0.2, 0.25) is 0 Å². The van der Waals surface area contributed by atoms with Gasteiger partial charge in [0, 0.05) is 6.54 Å². The quantitative estimate of drug-likeness (QED) is 0.698. The number of amides is 1. The zero-order chi connectivity index (χ0) is 23.1. The van der Waals surface area contributed by atoms with Crippen molar-refractivity contribution < 1.29 is 23.9 Å². The molecule has 0 spiro atoms. The molecule has 0 radical (unpaired) electrons. The largest absolute Gasteiger partial charge is 0.494 e. The summed E-state index contributed by atoms with van der Waals surface area (Å²) in [7, 11) is -0.379. The number of benzene rings is 1. The van der Waals surface area contributed by atoms with E-state index in [4.69, 9.17) is 14.0 Å². The Balaban J connectivity index is 1.65. The molecule has 0 bridgehead atoms. The second kappa shape index (κ2) is 8.41. The van der Waals surface area contributed by atoms with Crippen LogP contribution in [0.25, 0.3) is 0 Å². The molecule has 1 aromatic rings. The minimum atomic E-state index is -0.856. The van der Waals surface area contributed by atoms with Crippen molar-refractivity contribution in [1.82, 2.24) is 4.90 Å². The highest BCUT2D eigenvalue weighted by molar-refractivity contribution is 6.62. The molecule has 0 saturated carbocycles. The number of carboxylic acid groups (broad SMARTS) is 1. The number of piperidine rings is 1. The molecule has 2 saturated heterocycles. The number of hydrogen-bond donors (Lipinski definition) is 1. The summed E-state index contributed by atoms with van der Waals surface area (Å²) >= 11 is 0. The SMILES string of the molecule is CC(C)(C)C1(COCc2ccc(B3OC(C)(C)C(C)(C)O3)cc2)CCCCN1C(=O)O. The van der Waals surface area contributed by atoms with E-state index in [2.05, 4.69) is 20.8 Å². The van der Waals surface area contributed by atoms with E-state index in [1.54, 1.807) is 4.90 Å². The van der Waals surface area contributed by atoms with Gasteiger partial charge in [-0.15, -0.1) is 0 Å². The number of rotatable bonds is 5. The number of hydrogen-bond acceptors (Lipinski definition) is 4. The molecule has 0 aliphatic carbocycles. The third kappa shape index (κ3) is 4.64. The molecule has 2 heterocycles. The minimum Gasteiger partial charge on any atom is -0.465 e. The topological polar surface area (TPSA) is 68.2 Å². The third-order valence-electron chi connectivity index (χ3n) is 7.48. The summed E-state index contributed by atoms with van der Waals surface area (Å²) in [6.07, 6.45) is 1.89. The van der Waals surface area contributed by atoms with Crippen molar-refractivity contribution in [2.24, 2.45) is 5.41 Å². The zero-order valence-electron chi connectivity index (χ0n) is 20.2. The first-order valence-corrected chi connectivity index (χ1v) is 11.3. The Morgan fingerprint density at radius 2 is 1.68 bits per heavy atom. The van der Waals surface area contributed by atoms with Crippen LogP contribution in [-0.2, 0) is 20.7 Å². The Labute approximate surface area is 187 Å². The predicted molar refractivity (Wildman–Crippen MR) is 123 cm³/mol. The van der Waals surface area contributed by atoms with E-state index in [0.717, 1.165) is 30.3 Å². The fourth-order valence-corrected chi connectivity index (χ4v) is 4.55. The molecule has 1 aromatic carbocycles. The van der Waals surface area contributed by atoms with Gasteiger partial charge in [0.2, 0.25) is 0 Å². The number of likely N-dealkylation sites (tertiary alicyclic amines) is 1. The molecule has 6 nitrogen and oxygen atoms in total. The highest BCUT2D eigenvalue weighted by Crippen LogP contribution is 2.43. The molecule has 3 rings (SSSR count). The average molecular weight is 431 g/mol. The van der Waals surface area contributed by atoms with Crippen molar-refractivity contribution in [3.8, 4) is 0 Å². The van der Waals surface area contributed by atoms with Gasteiger partial charge in [-0.2, -0.15) is 0 Å². The van der Waals surface area contributed by atoms with Gasteiger partial charge in [0.05, 0.1) is 30.0 Å². The Morgan fingerprint density at radius 3 is 2.19 bits per heavy atom. The number of ether oxygens (including phenoxy) is 1. The Kier molecular flexibility index (Phi) is 6.54. The lowest BCUT2D eigenvalue weighted by molar-refractivity contribution is -0.0831. The molecule has 2 aliphatic rings. The lowest BCUT2D eigenvalue weighted by Gasteiger charge is -2.53. The van der Waals surface area contributed by atoms with Gasteiger partial charge >= 0.3 is 13.2 Å². The fraction of sp³-hybridized carbons (Fsp3) is 0.708. The predicted octanol–water partition coefficient (Wildman–Crippen LogP) is 4.45. The molecule has 0 aromatic heterocycles. The highest BCUT2D eigenvalue weighted by Gasteiger charge is 2.52. The third-order valence-corrected chi connectivity index (χ3v) is 7.48. The Hall–Kier alpha value is -1.57. The van der Waals surface area contributed by atoms with Crippen LogP contribution >= 0.6 is 0 Å². The maximum Gasteiger partial charge on any atom is 0.494 e. The van der Waals surface area contributed by atoms with Crippen LogP contribution in [0.5, 0.6) is 0 Å². The second-order valence-electron chi connectivity index (χ2n) is 11.0. The van der Waals surface area contributed by atoms with Gasteiger partial charge in [-0.3, -0.25) is 4.90 Å². The van der Waals surface area contributed by atoms with Crippen molar-refractivity contribution in [2.45, 2.75) is 91.1 Å². The van der Waals surface area contributed by atoms with Crippen LogP contribution in [0.1, 0.15) is 73.3 Å². The normalized spacial score (nSPS) is 25.6.